The average Bonchev–Trinajstić information content (AvgIpc) is 2.25. The molecule has 1 aromatic rings. The smallest absolute Gasteiger partial charge is 0.133 e. The molecule has 1 atom stereocenters. The van der Waals surface area contributed by atoms with Crippen LogP contribution in [0.25, 0.3) is 0 Å². The second-order valence-electron chi connectivity index (χ2n) is 5.70. The van der Waals surface area contributed by atoms with Gasteiger partial charge < -0.3 is 15.4 Å². The van der Waals surface area contributed by atoms with Crippen molar-refractivity contribution in [1.29, 1.82) is 0 Å². The van der Waals surface area contributed by atoms with Crippen LogP contribution >= 0.6 is 0 Å². The highest BCUT2D eigenvalue weighted by atomic mass is 16.5. The van der Waals surface area contributed by atoms with Crippen LogP contribution in [0.5, 0.6) is 0 Å². The van der Waals surface area contributed by atoms with Crippen molar-refractivity contribution < 1.29 is 4.74 Å². The van der Waals surface area contributed by atoms with Gasteiger partial charge in [-0.25, -0.2) is 4.98 Å². The highest BCUT2D eigenvalue weighted by Gasteiger charge is 2.32. The van der Waals surface area contributed by atoms with Gasteiger partial charge >= 0.3 is 0 Å². The molecule has 4 heteroatoms. The van der Waals surface area contributed by atoms with Gasteiger partial charge in [-0.05, 0) is 39.3 Å². The molecule has 1 aromatic heterocycles. The SMILES string of the molecule is Cc1ccnc(N2CC(C)OC(C)(C)C2)c1CN. The van der Waals surface area contributed by atoms with E-state index in [-0.39, 0.29) is 11.7 Å². The summed E-state index contributed by atoms with van der Waals surface area (Å²) in [5.41, 5.74) is 8.07. The molecular weight excluding hydrogens is 226 g/mol. The summed E-state index contributed by atoms with van der Waals surface area (Å²) in [5, 5.41) is 0. The fraction of sp³-hybridized carbons (Fsp3) is 0.643. The lowest BCUT2D eigenvalue weighted by atomic mass is 10.0. The van der Waals surface area contributed by atoms with Crippen molar-refractivity contribution in [2.24, 2.45) is 5.73 Å². The van der Waals surface area contributed by atoms with E-state index in [0.29, 0.717) is 6.54 Å². The third-order valence-electron chi connectivity index (χ3n) is 3.34. The number of rotatable bonds is 2. The van der Waals surface area contributed by atoms with E-state index in [1.807, 2.05) is 12.3 Å². The summed E-state index contributed by atoms with van der Waals surface area (Å²) >= 11 is 0. The maximum Gasteiger partial charge on any atom is 0.133 e. The summed E-state index contributed by atoms with van der Waals surface area (Å²) < 4.78 is 5.93. The topological polar surface area (TPSA) is 51.4 Å². The van der Waals surface area contributed by atoms with Crippen molar-refractivity contribution in [3.05, 3.63) is 23.4 Å². The van der Waals surface area contributed by atoms with Crippen LogP contribution < -0.4 is 10.6 Å². The Balaban J connectivity index is 2.34. The van der Waals surface area contributed by atoms with Crippen molar-refractivity contribution in [3.63, 3.8) is 0 Å². The van der Waals surface area contributed by atoms with Crippen molar-refractivity contribution in [2.75, 3.05) is 18.0 Å². The van der Waals surface area contributed by atoms with Crippen molar-refractivity contribution in [3.8, 4) is 0 Å². The van der Waals surface area contributed by atoms with Gasteiger partial charge in [0, 0.05) is 31.4 Å². The zero-order valence-electron chi connectivity index (χ0n) is 11.7. The summed E-state index contributed by atoms with van der Waals surface area (Å²) in [7, 11) is 0. The van der Waals surface area contributed by atoms with E-state index in [2.05, 4.69) is 37.6 Å². The molecule has 1 aliphatic rings. The van der Waals surface area contributed by atoms with Gasteiger partial charge in [0.15, 0.2) is 0 Å². The fourth-order valence-electron chi connectivity index (χ4n) is 2.71. The number of ether oxygens (including phenoxy) is 1. The largest absolute Gasteiger partial charge is 0.369 e. The Labute approximate surface area is 109 Å². The molecule has 0 spiro atoms. The van der Waals surface area contributed by atoms with Gasteiger partial charge in [-0.2, -0.15) is 0 Å². The molecule has 0 amide bonds. The first-order valence-electron chi connectivity index (χ1n) is 6.50. The second-order valence-corrected chi connectivity index (χ2v) is 5.70. The maximum atomic E-state index is 5.93. The first-order chi connectivity index (χ1) is 8.43. The summed E-state index contributed by atoms with van der Waals surface area (Å²) in [5.74, 6) is 1.01. The predicted molar refractivity (Wildman–Crippen MR) is 73.7 cm³/mol. The molecule has 4 nitrogen and oxygen atoms in total. The van der Waals surface area contributed by atoms with Crippen LogP contribution in [0.2, 0.25) is 0 Å². The third-order valence-corrected chi connectivity index (χ3v) is 3.34. The Bertz CT molecular complexity index is 431. The van der Waals surface area contributed by atoms with Gasteiger partial charge in [-0.3, -0.25) is 0 Å². The molecule has 2 rings (SSSR count). The number of aryl methyl sites for hydroxylation is 1. The zero-order valence-corrected chi connectivity index (χ0v) is 11.7. The monoisotopic (exact) mass is 249 g/mol. The average molecular weight is 249 g/mol. The predicted octanol–water partition coefficient (Wildman–Crippen LogP) is 1.85. The normalized spacial score (nSPS) is 23.2. The Morgan fingerprint density at radius 2 is 2.28 bits per heavy atom. The van der Waals surface area contributed by atoms with Crippen LogP contribution in [0.15, 0.2) is 12.3 Å². The molecule has 1 saturated heterocycles. The van der Waals surface area contributed by atoms with Gasteiger partial charge in [-0.15, -0.1) is 0 Å². The molecule has 0 radical (unpaired) electrons. The molecule has 0 aromatic carbocycles. The minimum atomic E-state index is -0.144. The first kappa shape index (κ1) is 13.3. The number of hydrogen-bond acceptors (Lipinski definition) is 4. The molecule has 0 aliphatic carbocycles. The van der Waals surface area contributed by atoms with Crippen LogP contribution in [0.4, 0.5) is 5.82 Å². The Morgan fingerprint density at radius 1 is 1.56 bits per heavy atom. The first-order valence-corrected chi connectivity index (χ1v) is 6.50. The molecule has 0 saturated carbocycles. The molecule has 1 fully saturated rings. The van der Waals surface area contributed by atoms with Crippen LogP contribution in [-0.2, 0) is 11.3 Å². The van der Waals surface area contributed by atoms with E-state index < -0.39 is 0 Å². The number of pyridine rings is 1. The molecule has 2 heterocycles. The van der Waals surface area contributed by atoms with Crippen LogP contribution in [-0.4, -0.2) is 29.8 Å². The quantitative estimate of drug-likeness (QED) is 0.869. The van der Waals surface area contributed by atoms with Gasteiger partial charge in [0.05, 0.1) is 11.7 Å². The standard InChI is InChI=1S/C14H23N3O/c1-10-5-6-16-13(12(10)7-15)17-8-11(2)18-14(3,4)9-17/h5-6,11H,7-9,15H2,1-4H3. The lowest BCUT2D eigenvalue weighted by molar-refractivity contribution is -0.0752. The van der Waals surface area contributed by atoms with Gasteiger partial charge in [0.25, 0.3) is 0 Å². The maximum absolute atomic E-state index is 5.93. The molecule has 1 aliphatic heterocycles. The van der Waals surface area contributed by atoms with Crippen molar-refractivity contribution >= 4 is 5.82 Å². The Morgan fingerprint density at radius 3 is 2.89 bits per heavy atom. The molecule has 18 heavy (non-hydrogen) atoms. The Kier molecular flexibility index (Phi) is 3.59. The second kappa shape index (κ2) is 4.86. The summed E-state index contributed by atoms with van der Waals surface area (Å²) in [6.45, 7) is 10.7. The minimum Gasteiger partial charge on any atom is -0.369 e. The summed E-state index contributed by atoms with van der Waals surface area (Å²) in [4.78, 5) is 6.82. The number of nitrogens with two attached hydrogens (primary N) is 1. The lowest BCUT2D eigenvalue weighted by Crippen LogP contribution is -2.52. The van der Waals surface area contributed by atoms with Crippen molar-refractivity contribution in [2.45, 2.75) is 45.9 Å². The lowest BCUT2D eigenvalue weighted by Gasteiger charge is -2.43. The molecule has 100 valence electrons. The number of nitrogens with zero attached hydrogens (tertiary/aromatic N) is 2. The number of aromatic nitrogens is 1. The summed E-state index contributed by atoms with van der Waals surface area (Å²) in [6, 6.07) is 2.01. The van der Waals surface area contributed by atoms with Gasteiger partial charge in [0.1, 0.15) is 5.82 Å². The Hall–Kier alpha value is -1.13. The third kappa shape index (κ3) is 2.65. The van der Waals surface area contributed by atoms with Gasteiger partial charge in [-0.1, -0.05) is 0 Å². The van der Waals surface area contributed by atoms with Crippen LogP contribution in [0, 0.1) is 6.92 Å². The van der Waals surface area contributed by atoms with Crippen LogP contribution in [0.1, 0.15) is 31.9 Å². The number of morpholine rings is 1. The summed E-state index contributed by atoms with van der Waals surface area (Å²) in [6.07, 6.45) is 2.07. The number of anilines is 1. The highest BCUT2D eigenvalue weighted by molar-refractivity contribution is 5.51. The van der Waals surface area contributed by atoms with E-state index in [1.165, 1.54) is 5.56 Å². The molecule has 2 N–H and O–H groups in total. The minimum absolute atomic E-state index is 0.144. The van der Waals surface area contributed by atoms with E-state index in [4.69, 9.17) is 10.5 Å². The number of hydrogen-bond donors (Lipinski definition) is 1. The molecular formula is C14H23N3O. The molecule has 1 unspecified atom stereocenters. The zero-order chi connectivity index (χ0) is 13.3. The van der Waals surface area contributed by atoms with Crippen LogP contribution in [0.3, 0.4) is 0 Å². The fourth-order valence-corrected chi connectivity index (χ4v) is 2.71. The van der Waals surface area contributed by atoms with E-state index >= 15 is 0 Å². The highest BCUT2D eigenvalue weighted by Crippen LogP contribution is 2.27. The van der Waals surface area contributed by atoms with Crippen molar-refractivity contribution in [1.82, 2.24) is 4.98 Å². The van der Waals surface area contributed by atoms with E-state index in [1.54, 1.807) is 0 Å². The van der Waals surface area contributed by atoms with Gasteiger partial charge in [0.2, 0.25) is 0 Å². The van der Waals surface area contributed by atoms with E-state index in [9.17, 15) is 0 Å². The van der Waals surface area contributed by atoms with E-state index in [0.717, 1.165) is 24.5 Å². The molecule has 0 bridgehead atoms.